The molecule has 1 radical (unpaired) electrons. The molecular weight excluding hydrogens is 631 g/mol. The minimum Gasteiger partial charge on any atom is -0.846 e. The molecule has 0 heterocycles. The predicted octanol–water partition coefficient (Wildman–Crippen LogP) is -18.1. The van der Waals surface area contributed by atoms with Crippen molar-refractivity contribution in [2.24, 2.45) is 0 Å². The van der Waals surface area contributed by atoms with E-state index in [4.69, 9.17) is 71.5 Å². The number of aliphatic hydroxyl groups is 14. The monoisotopic (exact) mass is 663 g/mol. The van der Waals surface area contributed by atoms with Gasteiger partial charge in [0.2, 0.25) is 0 Å². The number of carboxylic acid groups (broad SMARTS) is 3. The van der Waals surface area contributed by atoms with Crippen LogP contribution < -0.4 is 50.0 Å². The Kier molecular flexibility index (Phi) is 31.4. The predicted molar refractivity (Wildman–Crippen MR) is 106 cm³/mol. The molecule has 0 aromatic rings. The third kappa shape index (κ3) is 19.3. The number of carbonyl (C=O) groups is 3. The van der Waals surface area contributed by atoms with E-state index in [9.17, 15) is 34.8 Å². The molecule has 239 valence electrons. The Morgan fingerprint density at radius 3 is 0.854 bits per heavy atom. The number of carboxylic acids is 3. The number of aliphatic carboxylic acids is 3. The molecule has 23 heteroatoms. The molecule has 12 atom stereocenters. The van der Waals surface area contributed by atoms with Gasteiger partial charge >= 0.3 is 46.6 Å². The van der Waals surface area contributed by atoms with E-state index in [-0.39, 0.29) is 46.6 Å². The Bertz CT molecular complexity index is 615. The fourth-order valence-corrected chi connectivity index (χ4v) is 1.98. The van der Waals surface area contributed by atoms with Crippen molar-refractivity contribution in [3.05, 3.63) is 0 Å². The first-order valence-electron chi connectivity index (χ1n) is 10.3. The van der Waals surface area contributed by atoms with Gasteiger partial charge in [0, 0.05) is 5.97 Å². The van der Waals surface area contributed by atoms with Gasteiger partial charge in [-0.1, -0.05) is 6.10 Å². The van der Waals surface area contributed by atoms with Crippen LogP contribution in [0.1, 0.15) is 0 Å². The van der Waals surface area contributed by atoms with Gasteiger partial charge < -0.3 is 106 Å². The molecule has 21 nitrogen and oxygen atoms in total. The first-order chi connectivity index (χ1) is 17.7. The Balaban J connectivity index is -0.000000154. The van der Waals surface area contributed by atoms with Crippen LogP contribution in [0.2, 0.25) is 0 Å². The number of aliphatic hydroxyl groups excluding tert-OH is 14. The number of rotatable bonds is 15. The van der Waals surface area contributed by atoms with E-state index >= 15 is 0 Å². The van der Waals surface area contributed by atoms with E-state index in [0.29, 0.717) is 0 Å². The second kappa shape index (κ2) is 25.8. The Morgan fingerprint density at radius 2 is 0.683 bits per heavy atom. The van der Waals surface area contributed by atoms with Crippen LogP contribution in [-0.4, -0.2) is 182 Å². The summed E-state index contributed by atoms with van der Waals surface area (Å²) >= 11 is 0. The summed E-state index contributed by atoms with van der Waals surface area (Å²) in [4.78, 5) is 29.9. The van der Waals surface area contributed by atoms with Crippen LogP contribution >= 0.6 is 0 Å². The molecule has 0 aliphatic rings. The molecular formula is C18H32FeNaO21. The van der Waals surface area contributed by atoms with Gasteiger partial charge in [-0.25, -0.2) is 0 Å². The van der Waals surface area contributed by atoms with Gasteiger partial charge in [0.05, 0.1) is 37.9 Å². The standard InChI is InChI=1S/2C6H12O7.C6H11O7.Fe.Na/c3*7-1-2(8)3(9)4(10)5(11)6(12)13;;/h2*2-5,7-11H,1H2,(H,12,13);2-5,7-10H,1H2,(H,12,13);;/q;;-1;+3;+1/p-3/t3*2-,3-,4+,5-;;/m111../s1. The molecule has 0 saturated heterocycles. The maximum atomic E-state index is 10.5. The van der Waals surface area contributed by atoms with Gasteiger partial charge in [-0.15, -0.1) is 0 Å². The van der Waals surface area contributed by atoms with E-state index in [1.165, 1.54) is 0 Å². The normalized spacial score (nSPS) is 19.4. The summed E-state index contributed by atoms with van der Waals surface area (Å²) in [5.41, 5.74) is 0. The van der Waals surface area contributed by atoms with E-state index in [1.54, 1.807) is 0 Å². The maximum absolute atomic E-state index is 10.5. The molecule has 0 aromatic heterocycles. The molecule has 0 unspecified atom stereocenters. The average Bonchev–Trinajstić information content (AvgIpc) is 2.92. The van der Waals surface area contributed by atoms with E-state index < -0.39 is 111 Å². The first-order valence-corrected chi connectivity index (χ1v) is 10.3. The summed E-state index contributed by atoms with van der Waals surface area (Å²) in [6, 6.07) is 0. The van der Waals surface area contributed by atoms with Gasteiger partial charge in [0.1, 0.15) is 61.0 Å². The van der Waals surface area contributed by atoms with Crippen molar-refractivity contribution in [1.82, 2.24) is 0 Å². The van der Waals surface area contributed by atoms with E-state index in [1.807, 2.05) is 0 Å². The van der Waals surface area contributed by atoms with Gasteiger partial charge in [0.15, 0.2) is 0 Å². The van der Waals surface area contributed by atoms with Gasteiger partial charge in [-0.3, -0.25) is 0 Å². The molecule has 41 heavy (non-hydrogen) atoms. The SMILES string of the molecule is O=C([O-])[C@H](O)[C@@H](O)[C@H](O)[C@H](O)CO.O=C([O-])[C@H](O)[C@@H](O)[C@H](O)[C@H](O)CO.O=C([O-])[C@H]([O-])[C@@H](O)[C@H](O)[C@H](O)CO.[Fe+3].[Na+]. The molecule has 0 bridgehead atoms. The number of hydrogen-bond acceptors (Lipinski definition) is 21. The summed E-state index contributed by atoms with van der Waals surface area (Å²) in [5.74, 6) is -6.04. The van der Waals surface area contributed by atoms with E-state index in [2.05, 4.69) is 0 Å². The molecule has 0 rings (SSSR count). The Hall–Kier alpha value is -0.671. The Labute approximate surface area is 263 Å². The van der Waals surface area contributed by atoms with Crippen molar-refractivity contribution < 1.29 is 153 Å². The van der Waals surface area contributed by atoms with Crippen LogP contribution in [0.3, 0.4) is 0 Å². The van der Waals surface area contributed by atoms with Crippen LogP contribution in [0.5, 0.6) is 0 Å². The van der Waals surface area contributed by atoms with E-state index in [0.717, 1.165) is 0 Å². The van der Waals surface area contributed by atoms with Crippen molar-refractivity contribution in [2.45, 2.75) is 73.2 Å². The minimum absolute atomic E-state index is 0. The number of hydrogen-bond donors (Lipinski definition) is 14. The summed E-state index contributed by atoms with van der Waals surface area (Å²) in [6.45, 7) is -2.62. The minimum atomic E-state index is -2.56. The Morgan fingerprint density at radius 1 is 0.463 bits per heavy atom. The molecule has 0 fully saturated rings. The molecule has 0 aliphatic carbocycles. The van der Waals surface area contributed by atoms with Gasteiger partial charge in [-0.05, 0) is 0 Å². The van der Waals surface area contributed by atoms with Gasteiger partial charge in [0.25, 0.3) is 0 Å². The van der Waals surface area contributed by atoms with Crippen molar-refractivity contribution in [2.75, 3.05) is 19.8 Å². The smallest absolute Gasteiger partial charge is 0.846 e. The summed E-state index contributed by atoms with van der Waals surface area (Å²) in [5, 5.41) is 162. The van der Waals surface area contributed by atoms with Crippen molar-refractivity contribution in [1.29, 1.82) is 0 Å². The summed E-state index contributed by atoms with van der Waals surface area (Å²) in [7, 11) is 0. The largest absolute Gasteiger partial charge is 3.00 e. The zero-order valence-electron chi connectivity index (χ0n) is 21.0. The first kappa shape index (κ1) is 50.0. The quantitative estimate of drug-likeness (QED) is 0.0723. The average molecular weight is 663 g/mol. The maximum Gasteiger partial charge on any atom is 3.00 e. The second-order valence-corrected chi connectivity index (χ2v) is 7.46. The third-order valence-corrected chi connectivity index (χ3v) is 4.47. The van der Waals surface area contributed by atoms with Crippen molar-refractivity contribution >= 4 is 17.9 Å². The third-order valence-electron chi connectivity index (χ3n) is 4.47. The van der Waals surface area contributed by atoms with Crippen LogP contribution in [0.15, 0.2) is 0 Å². The molecule has 0 aliphatic heterocycles. The zero-order chi connectivity index (χ0) is 31.8. The van der Waals surface area contributed by atoms with Crippen molar-refractivity contribution in [3.8, 4) is 0 Å². The van der Waals surface area contributed by atoms with Crippen LogP contribution in [-0.2, 0) is 31.5 Å². The molecule has 0 amide bonds. The molecule has 0 saturated carbocycles. The molecule has 0 aromatic carbocycles. The van der Waals surface area contributed by atoms with Gasteiger partial charge in [-0.2, -0.15) is 0 Å². The molecule has 14 N–H and O–H groups in total. The van der Waals surface area contributed by atoms with Crippen LogP contribution in [0.25, 0.3) is 0 Å². The summed E-state index contributed by atoms with van der Waals surface area (Å²) in [6.07, 6.45) is -24.7. The fourth-order valence-electron chi connectivity index (χ4n) is 1.98. The number of carbonyl (C=O) groups excluding carboxylic acids is 3. The topological polar surface area (TPSA) is 427 Å². The second-order valence-electron chi connectivity index (χ2n) is 7.46. The zero-order valence-corrected chi connectivity index (χ0v) is 24.1. The van der Waals surface area contributed by atoms with Crippen molar-refractivity contribution in [3.63, 3.8) is 0 Å². The summed E-state index contributed by atoms with van der Waals surface area (Å²) < 4.78 is 0. The van der Waals surface area contributed by atoms with Crippen LogP contribution in [0, 0.1) is 0 Å². The molecule has 0 spiro atoms. The fraction of sp³-hybridized carbons (Fsp3) is 0.833. The van der Waals surface area contributed by atoms with Crippen LogP contribution in [0.4, 0.5) is 0 Å².